The fourth-order valence-corrected chi connectivity index (χ4v) is 1.34. The van der Waals surface area contributed by atoms with Crippen molar-refractivity contribution in [2.24, 2.45) is 0 Å². The summed E-state index contributed by atoms with van der Waals surface area (Å²) in [5.41, 5.74) is 0. The van der Waals surface area contributed by atoms with Crippen LogP contribution in [0.3, 0.4) is 0 Å². The van der Waals surface area contributed by atoms with Gasteiger partial charge in [-0.15, -0.1) is 0 Å². The number of carboxylic acid groups (broad SMARTS) is 2. The Morgan fingerprint density at radius 3 is 0.897 bits per heavy atom. The Hall–Kier alpha value is -1.02. The van der Waals surface area contributed by atoms with E-state index in [2.05, 4.69) is 0 Å². The van der Waals surface area contributed by atoms with E-state index in [0.29, 0.717) is 0 Å². The Balaban J connectivity index is -0.000000120. The maximum absolute atomic E-state index is 10.1. The van der Waals surface area contributed by atoms with Gasteiger partial charge >= 0.3 is 11.9 Å². The number of aliphatic carboxylic acids is 2. The summed E-state index contributed by atoms with van der Waals surface area (Å²) in [6.45, 7) is -1.69. The van der Waals surface area contributed by atoms with Crippen LogP contribution in [-0.4, -0.2) is 146 Å². The van der Waals surface area contributed by atoms with E-state index in [1.807, 2.05) is 0 Å². The number of carbonyl (C=O) groups is 2. The molecular formula is C12H28MnO16. The van der Waals surface area contributed by atoms with E-state index in [1.54, 1.807) is 0 Å². The van der Waals surface area contributed by atoms with Crippen molar-refractivity contribution >= 4 is 11.9 Å². The molecule has 0 aliphatic heterocycles. The zero-order valence-electron chi connectivity index (χ0n) is 14.6. The van der Waals surface area contributed by atoms with E-state index in [4.69, 9.17) is 61.3 Å². The average Bonchev–Trinajstić information content (AvgIpc) is 2.62. The van der Waals surface area contributed by atoms with Crippen LogP contribution in [0.2, 0.25) is 0 Å². The molecule has 0 fully saturated rings. The SMILES string of the molecule is O.O.O=C(O)[C@H](O)[C@@H](O)[C@H](O)[C@H](O)CO.O=C(O)[C@H](O)[C@@H](O)[C@H](O)[C@H](O)CO.[Mn]. The molecule has 0 saturated carbocycles. The van der Waals surface area contributed by atoms with Crippen LogP contribution in [0.25, 0.3) is 0 Å². The first-order valence-electron chi connectivity index (χ1n) is 6.95. The maximum atomic E-state index is 10.1. The molecule has 16 N–H and O–H groups in total. The molecule has 0 aliphatic rings. The largest absolute Gasteiger partial charge is 0.479 e. The molecule has 0 aromatic carbocycles. The van der Waals surface area contributed by atoms with Crippen LogP contribution in [0.4, 0.5) is 0 Å². The third-order valence-corrected chi connectivity index (χ3v) is 3.02. The summed E-state index contributed by atoms with van der Waals surface area (Å²) in [7, 11) is 0. The standard InChI is InChI=1S/2C6H12O7.Mn.2H2O/c2*7-1-2(8)3(9)4(10)5(11)6(12)13;;;/h2*2-5,7-11H,1H2,(H,12,13);;2*1H2/t2*2-,3-,4+,5-;;;/m11.../s1. The Morgan fingerprint density at radius 2 is 0.759 bits per heavy atom. The zero-order chi connectivity index (χ0) is 21.2. The van der Waals surface area contributed by atoms with Gasteiger partial charge in [0.25, 0.3) is 0 Å². The average molecular weight is 483 g/mol. The summed E-state index contributed by atoms with van der Waals surface area (Å²) < 4.78 is 0. The number of hydrogen-bond donors (Lipinski definition) is 12. The Bertz CT molecular complexity index is 387. The fraction of sp³-hybridized carbons (Fsp3) is 0.833. The predicted octanol–water partition coefficient (Wildman–Crippen LogP) is -8.64. The van der Waals surface area contributed by atoms with Crippen LogP contribution in [0.1, 0.15) is 0 Å². The molecule has 16 nitrogen and oxygen atoms in total. The second-order valence-electron chi connectivity index (χ2n) is 5.03. The van der Waals surface area contributed by atoms with Crippen molar-refractivity contribution < 1.29 is 98.9 Å². The minimum absolute atomic E-state index is 0. The van der Waals surface area contributed by atoms with Crippen molar-refractivity contribution in [1.29, 1.82) is 0 Å². The predicted molar refractivity (Wildman–Crippen MR) is 84.7 cm³/mol. The molecule has 0 amide bonds. The molecule has 0 spiro atoms. The van der Waals surface area contributed by atoms with Gasteiger partial charge in [0, 0.05) is 17.1 Å². The van der Waals surface area contributed by atoms with Crippen molar-refractivity contribution in [1.82, 2.24) is 0 Å². The van der Waals surface area contributed by atoms with Crippen LogP contribution >= 0.6 is 0 Å². The minimum atomic E-state index is -2.20. The molecule has 29 heavy (non-hydrogen) atoms. The van der Waals surface area contributed by atoms with Crippen molar-refractivity contribution in [3.05, 3.63) is 0 Å². The molecule has 0 aromatic heterocycles. The molecule has 0 rings (SSSR count). The fourth-order valence-electron chi connectivity index (χ4n) is 1.34. The van der Waals surface area contributed by atoms with Crippen molar-refractivity contribution in [2.45, 2.75) is 48.8 Å². The summed E-state index contributed by atoms with van der Waals surface area (Å²) in [6, 6.07) is 0. The number of carboxylic acids is 2. The van der Waals surface area contributed by atoms with E-state index in [1.165, 1.54) is 0 Å². The van der Waals surface area contributed by atoms with Crippen molar-refractivity contribution in [3.8, 4) is 0 Å². The molecule has 0 unspecified atom stereocenters. The van der Waals surface area contributed by atoms with E-state index in [9.17, 15) is 9.59 Å². The number of rotatable bonds is 10. The second-order valence-corrected chi connectivity index (χ2v) is 5.03. The van der Waals surface area contributed by atoms with Gasteiger partial charge in [-0.05, 0) is 0 Å². The van der Waals surface area contributed by atoms with E-state index >= 15 is 0 Å². The quantitative estimate of drug-likeness (QED) is 0.128. The number of aliphatic hydroxyl groups excluding tert-OH is 10. The monoisotopic (exact) mass is 483 g/mol. The van der Waals surface area contributed by atoms with Gasteiger partial charge < -0.3 is 72.2 Å². The first kappa shape index (κ1) is 38.6. The molecule has 0 saturated heterocycles. The first-order valence-corrected chi connectivity index (χ1v) is 6.95. The summed E-state index contributed by atoms with van der Waals surface area (Å²) in [6.07, 6.45) is -15.7. The van der Waals surface area contributed by atoms with Gasteiger partial charge in [0.15, 0.2) is 12.2 Å². The van der Waals surface area contributed by atoms with Gasteiger partial charge in [-0.3, -0.25) is 0 Å². The summed E-state index contributed by atoms with van der Waals surface area (Å²) in [5, 5.41) is 104. The summed E-state index contributed by atoms with van der Waals surface area (Å²) >= 11 is 0. The van der Waals surface area contributed by atoms with Crippen LogP contribution in [0.5, 0.6) is 0 Å². The molecule has 0 heterocycles. The normalized spacial score (nSPS) is 18.3. The Kier molecular flexibility index (Phi) is 25.2. The van der Waals surface area contributed by atoms with Crippen LogP contribution in [0.15, 0.2) is 0 Å². The molecule has 17 heteroatoms. The third kappa shape index (κ3) is 13.8. The summed E-state index contributed by atoms with van der Waals surface area (Å²) in [4.78, 5) is 20.2. The van der Waals surface area contributed by atoms with Gasteiger partial charge in [-0.1, -0.05) is 0 Å². The number of aliphatic hydroxyl groups is 10. The van der Waals surface area contributed by atoms with Gasteiger partial charge in [0.2, 0.25) is 0 Å². The molecule has 0 aromatic rings. The third-order valence-electron chi connectivity index (χ3n) is 3.02. The molecular weight excluding hydrogens is 455 g/mol. The smallest absolute Gasteiger partial charge is 0.335 e. The van der Waals surface area contributed by atoms with Crippen LogP contribution < -0.4 is 0 Å². The summed E-state index contributed by atoms with van der Waals surface area (Å²) in [5.74, 6) is -3.45. The molecule has 0 bridgehead atoms. The van der Waals surface area contributed by atoms with Gasteiger partial charge in [0.05, 0.1) is 13.2 Å². The van der Waals surface area contributed by atoms with Crippen molar-refractivity contribution in [2.75, 3.05) is 13.2 Å². The Labute approximate surface area is 173 Å². The Morgan fingerprint density at radius 1 is 0.552 bits per heavy atom. The van der Waals surface area contributed by atoms with Crippen LogP contribution in [-0.2, 0) is 26.7 Å². The molecule has 8 atom stereocenters. The van der Waals surface area contributed by atoms with E-state index < -0.39 is 74.0 Å². The minimum Gasteiger partial charge on any atom is -0.479 e. The number of hydrogen-bond acceptors (Lipinski definition) is 12. The van der Waals surface area contributed by atoms with Crippen molar-refractivity contribution in [3.63, 3.8) is 0 Å². The van der Waals surface area contributed by atoms with Gasteiger partial charge in [-0.25, -0.2) is 9.59 Å². The van der Waals surface area contributed by atoms with E-state index in [-0.39, 0.29) is 28.0 Å². The van der Waals surface area contributed by atoms with Gasteiger partial charge in [-0.2, -0.15) is 0 Å². The first-order chi connectivity index (χ1) is 11.8. The van der Waals surface area contributed by atoms with Crippen LogP contribution in [0, 0.1) is 0 Å². The van der Waals surface area contributed by atoms with Gasteiger partial charge in [0.1, 0.15) is 36.6 Å². The molecule has 0 aliphatic carbocycles. The maximum Gasteiger partial charge on any atom is 0.335 e. The molecule has 1 radical (unpaired) electrons. The zero-order valence-corrected chi connectivity index (χ0v) is 15.8. The molecule has 179 valence electrons. The topological polar surface area (TPSA) is 340 Å². The second kappa shape index (κ2) is 19.0. The van der Waals surface area contributed by atoms with E-state index in [0.717, 1.165) is 0 Å².